The fourth-order valence-electron chi connectivity index (χ4n) is 3.16. The molecule has 15 nitrogen and oxygen atoms in total. The van der Waals surface area contributed by atoms with Gasteiger partial charge in [0.1, 0.15) is 18.5 Å². The Hall–Kier alpha value is -4.27. The Morgan fingerprint density at radius 2 is 1.31 bits per heavy atom. The lowest BCUT2D eigenvalue weighted by Gasteiger charge is -2.43. The lowest BCUT2D eigenvalue weighted by Crippen LogP contribution is -2.63. The van der Waals surface area contributed by atoms with E-state index in [9.17, 15) is 34.1 Å². The second-order valence-electron chi connectivity index (χ2n) is 7.29. The number of ether oxygens (including phenoxy) is 7. The van der Waals surface area contributed by atoms with Crippen molar-refractivity contribution in [1.29, 1.82) is 0 Å². The van der Waals surface area contributed by atoms with E-state index in [0.717, 1.165) is 52.0 Å². The van der Waals surface area contributed by atoms with E-state index in [2.05, 4.69) is 0 Å². The minimum absolute atomic E-state index is 0.0720. The van der Waals surface area contributed by atoms with Crippen molar-refractivity contribution in [3.63, 3.8) is 0 Å². The van der Waals surface area contributed by atoms with Crippen LogP contribution in [0.3, 0.4) is 0 Å². The van der Waals surface area contributed by atoms with Gasteiger partial charge in [-0.25, -0.2) is 4.79 Å². The number of nitrogens with zero attached hydrogens (tertiary/aromatic N) is 1. The summed E-state index contributed by atoms with van der Waals surface area (Å²) in [5.41, 5.74) is -0.231. The van der Waals surface area contributed by atoms with Crippen molar-refractivity contribution in [3.8, 4) is 5.75 Å². The zero-order valence-corrected chi connectivity index (χ0v) is 19.6. The number of non-ortho nitro benzene ring substituents is 1. The first kappa shape index (κ1) is 28.0. The molecule has 1 aliphatic heterocycles. The van der Waals surface area contributed by atoms with Crippen LogP contribution in [0.1, 0.15) is 27.7 Å². The van der Waals surface area contributed by atoms with Crippen molar-refractivity contribution in [3.05, 3.63) is 34.4 Å². The summed E-state index contributed by atoms with van der Waals surface area (Å²) in [4.78, 5) is 69.0. The number of hydrogen-bond donors (Lipinski definition) is 0. The highest BCUT2D eigenvalue weighted by Crippen LogP contribution is 2.30. The first-order chi connectivity index (χ1) is 16.9. The first-order valence-electron chi connectivity index (χ1n) is 10.3. The van der Waals surface area contributed by atoms with Crippen molar-refractivity contribution >= 4 is 35.7 Å². The van der Waals surface area contributed by atoms with Crippen molar-refractivity contribution in [1.82, 2.24) is 0 Å². The molecule has 0 aliphatic carbocycles. The lowest BCUT2D eigenvalue weighted by atomic mass is 9.98. The van der Waals surface area contributed by atoms with Crippen molar-refractivity contribution in [2.24, 2.45) is 0 Å². The van der Waals surface area contributed by atoms with Gasteiger partial charge in [0.2, 0.25) is 12.4 Å². The molecule has 0 aromatic heterocycles. The van der Waals surface area contributed by atoms with Crippen LogP contribution in [-0.4, -0.2) is 72.3 Å². The summed E-state index contributed by atoms with van der Waals surface area (Å²) in [5.74, 6) is -3.46. The summed E-state index contributed by atoms with van der Waals surface area (Å²) in [6, 6.07) is 4.53. The van der Waals surface area contributed by atoms with Crippen molar-refractivity contribution in [2.75, 3.05) is 6.61 Å². The topological polar surface area (TPSA) is 193 Å². The Bertz CT molecular complexity index is 1010. The zero-order valence-electron chi connectivity index (χ0n) is 19.6. The molecule has 0 amide bonds. The van der Waals surface area contributed by atoms with Crippen molar-refractivity contribution < 1.29 is 62.1 Å². The van der Waals surface area contributed by atoms with E-state index >= 15 is 0 Å². The molecule has 1 heterocycles. The molecule has 36 heavy (non-hydrogen) atoms. The molecule has 1 fully saturated rings. The van der Waals surface area contributed by atoms with Crippen LogP contribution in [0.5, 0.6) is 5.75 Å². The molecular formula is C21H23NO14. The third-order valence-electron chi connectivity index (χ3n) is 4.39. The maximum atomic E-state index is 12.1. The molecule has 196 valence electrons. The van der Waals surface area contributed by atoms with Gasteiger partial charge in [0.25, 0.3) is 5.69 Å². The monoisotopic (exact) mass is 513 g/mol. The highest BCUT2D eigenvalue weighted by atomic mass is 16.8. The molecule has 5 atom stereocenters. The SMILES string of the molecule is CC(=O)O[C@H]1O[C@H](COC(=O)Oc2ccc([N+](=O)[O-])cc2)[C@@H](OC(C)=O)[C@H](OC(C)=O)[C@H]1OC(C)=O. The summed E-state index contributed by atoms with van der Waals surface area (Å²) in [5, 5.41) is 10.7. The van der Waals surface area contributed by atoms with Crippen LogP contribution in [0.2, 0.25) is 0 Å². The van der Waals surface area contributed by atoms with Gasteiger partial charge in [0, 0.05) is 39.8 Å². The number of rotatable bonds is 8. The minimum Gasteiger partial charge on any atom is -0.455 e. The van der Waals surface area contributed by atoms with E-state index in [0.29, 0.717) is 0 Å². The number of hydrogen-bond acceptors (Lipinski definition) is 14. The molecule has 2 rings (SSSR count). The van der Waals surface area contributed by atoms with Crippen LogP contribution < -0.4 is 4.74 Å². The second-order valence-corrected chi connectivity index (χ2v) is 7.29. The Labute approximate surface area is 203 Å². The van der Waals surface area contributed by atoms with Crippen LogP contribution in [-0.2, 0) is 47.6 Å². The summed E-state index contributed by atoms with van der Waals surface area (Å²) < 4.78 is 36.1. The number of carbonyl (C=O) groups excluding carboxylic acids is 5. The van der Waals surface area contributed by atoms with Crippen LogP contribution in [0.15, 0.2) is 24.3 Å². The Kier molecular flexibility index (Phi) is 9.66. The van der Waals surface area contributed by atoms with Crippen LogP contribution in [0, 0.1) is 10.1 Å². The average Bonchev–Trinajstić information content (AvgIpc) is 2.75. The van der Waals surface area contributed by atoms with Crippen LogP contribution in [0.25, 0.3) is 0 Å². The zero-order chi connectivity index (χ0) is 27.0. The molecule has 1 aromatic carbocycles. The first-order valence-corrected chi connectivity index (χ1v) is 10.3. The minimum atomic E-state index is -1.62. The summed E-state index contributed by atoms with van der Waals surface area (Å²) in [7, 11) is 0. The van der Waals surface area contributed by atoms with Gasteiger partial charge in [0.05, 0.1) is 4.92 Å². The fourth-order valence-corrected chi connectivity index (χ4v) is 3.16. The van der Waals surface area contributed by atoms with E-state index in [1.807, 2.05) is 0 Å². The van der Waals surface area contributed by atoms with Crippen LogP contribution >= 0.6 is 0 Å². The summed E-state index contributed by atoms with van der Waals surface area (Å²) >= 11 is 0. The Morgan fingerprint density at radius 3 is 1.81 bits per heavy atom. The Balaban J connectivity index is 2.24. The third kappa shape index (κ3) is 8.19. The van der Waals surface area contributed by atoms with Gasteiger partial charge in [0.15, 0.2) is 12.2 Å². The van der Waals surface area contributed by atoms with Gasteiger partial charge in [-0.2, -0.15) is 0 Å². The lowest BCUT2D eigenvalue weighted by molar-refractivity contribution is -0.384. The van der Waals surface area contributed by atoms with Gasteiger partial charge in [-0.3, -0.25) is 29.3 Å². The van der Waals surface area contributed by atoms with E-state index in [1.54, 1.807) is 0 Å². The predicted molar refractivity (Wildman–Crippen MR) is 112 cm³/mol. The van der Waals surface area contributed by atoms with Gasteiger partial charge in [-0.1, -0.05) is 0 Å². The van der Waals surface area contributed by atoms with Crippen molar-refractivity contribution in [2.45, 2.75) is 58.4 Å². The fraction of sp³-hybridized carbons (Fsp3) is 0.476. The molecule has 15 heteroatoms. The highest BCUT2D eigenvalue weighted by Gasteiger charge is 2.53. The molecular weight excluding hydrogens is 490 g/mol. The molecule has 0 saturated carbocycles. The number of nitro groups is 1. The van der Waals surface area contributed by atoms with Gasteiger partial charge in [-0.15, -0.1) is 0 Å². The van der Waals surface area contributed by atoms with Gasteiger partial charge >= 0.3 is 30.0 Å². The largest absolute Gasteiger partial charge is 0.513 e. The molecule has 1 aliphatic rings. The highest BCUT2D eigenvalue weighted by molar-refractivity contribution is 5.69. The third-order valence-corrected chi connectivity index (χ3v) is 4.39. The number of benzene rings is 1. The van der Waals surface area contributed by atoms with Crippen LogP contribution in [0.4, 0.5) is 10.5 Å². The smallest absolute Gasteiger partial charge is 0.455 e. The van der Waals surface area contributed by atoms with Gasteiger partial charge < -0.3 is 33.2 Å². The predicted octanol–water partition coefficient (Wildman–Crippen LogP) is 1.19. The number of nitro benzene ring substituents is 1. The molecule has 1 aromatic rings. The summed E-state index contributed by atoms with van der Waals surface area (Å²) in [6.45, 7) is 3.51. The normalized spacial score (nSPS) is 22.9. The molecule has 1 saturated heterocycles. The molecule has 0 bridgehead atoms. The summed E-state index contributed by atoms with van der Waals surface area (Å²) in [6.07, 6.45) is -8.75. The maximum absolute atomic E-state index is 12.1. The van der Waals surface area contributed by atoms with E-state index in [4.69, 9.17) is 33.2 Å². The standard InChI is InChI=1S/C21H23NO14/c1-10(23)31-17-16(9-30-21(27)35-15-7-5-14(6-8-15)22(28)29)36-20(34-13(4)26)19(33-12(3)25)18(17)32-11(2)24/h5-8,16-20H,9H2,1-4H3/t16-,17-,18+,19-,20+/m1/s1. The molecule has 0 radical (unpaired) electrons. The molecule has 0 spiro atoms. The number of carbonyl (C=O) groups is 5. The molecule has 0 unspecified atom stereocenters. The average molecular weight is 513 g/mol. The van der Waals surface area contributed by atoms with E-state index in [1.165, 1.54) is 0 Å². The number of esters is 4. The Morgan fingerprint density at radius 1 is 0.806 bits per heavy atom. The van der Waals surface area contributed by atoms with E-state index < -0.39 is 72.3 Å². The maximum Gasteiger partial charge on any atom is 0.513 e. The molecule has 0 N–H and O–H groups in total. The van der Waals surface area contributed by atoms with E-state index in [-0.39, 0.29) is 11.4 Å². The second kappa shape index (κ2) is 12.4. The quantitative estimate of drug-likeness (QED) is 0.158. The van der Waals surface area contributed by atoms with Gasteiger partial charge in [-0.05, 0) is 12.1 Å².